The standard InChI is InChI=1S/C13H19NO3/c15-10(5-7-1-2-7)14-12-9-4-3-8(6-9)11(12)13(16)17/h7-9,11-12H,1-6H2,(H,14,15)(H,16,17). The molecule has 3 aliphatic carbocycles. The van der Waals surface area contributed by atoms with Crippen LogP contribution in [0.3, 0.4) is 0 Å². The second-order valence-electron chi connectivity index (χ2n) is 5.94. The summed E-state index contributed by atoms with van der Waals surface area (Å²) >= 11 is 0. The van der Waals surface area contributed by atoms with Crippen LogP contribution in [0.4, 0.5) is 0 Å². The van der Waals surface area contributed by atoms with E-state index >= 15 is 0 Å². The van der Waals surface area contributed by atoms with Crippen LogP contribution in [0.25, 0.3) is 0 Å². The lowest BCUT2D eigenvalue weighted by Gasteiger charge is -2.28. The molecule has 0 aromatic heterocycles. The molecule has 2 N–H and O–H groups in total. The molecule has 0 spiro atoms. The molecule has 94 valence electrons. The molecule has 17 heavy (non-hydrogen) atoms. The molecule has 3 rings (SSSR count). The van der Waals surface area contributed by atoms with Crippen molar-refractivity contribution in [2.75, 3.05) is 0 Å². The summed E-state index contributed by atoms with van der Waals surface area (Å²) < 4.78 is 0. The fourth-order valence-electron chi connectivity index (χ4n) is 3.68. The third-order valence-electron chi connectivity index (χ3n) is 4.70. The second kappa shape index (κ2) is 4.00. The highest BCUT2D eigenvalue weighted by Gasteiger charge is 2.51. The van der Waals surface area contributed by atoms with Crippen molar-refractivity contribution in [3.63, 3.8) is 0 Å². The molecular formula is C13H19NO3. The van der Waals surface area contributed by atoms with Crippen LogP contribution in [0.2, 0.25) is 0 Å². The van der Waals surface area contributed by atoms with E-state index in [-0.39, 0.29) is 17.9 Å². The lowest BCUT2D eigenvalue weighted by molar-refractivity contribution is -0.144. The smallest absolute Gasteiger partial charge is 0.308 e. The molecule has 4 unspecified atom stereocenters. The molecule has 0 aliphatic heterocycles. The van der Waals surface area contributed by atoms with Gasteiger partial charge >= 0.3 is 5.97 Å². The van der Waals surface area contributed by atoms with Gasteiger partial charge in [-0.3, -0.25) is 9.59 Å². The molecule has 0 heterocycles. The molecular weight excluding hydrogens is 218 g/mol. The van der Waals surface area contributed by atoms with E-state index in [1.165, 1.54) is 0 Å². The lowest BCUT2D eigenvalue weighted by atomic mass is 9.84. The Morgan fingerprint density at radius 1 is 1.12 bits per heavy atom. The number of amides is 1. The highest BCUT2D eigenvalue weighted by atomic mass is 16.4. The van der Waals surface area contributed by atoms with Crippen LogP contribution in [0, 0.1) is 23.7 Å². The Morgan fingerprint density at radius 3 is 2.47 bits per heavy atom. The number of hydrogen-bond donors (Lipinski definition) is 2. The molecule has 2 bridgehead atoms. The van der Waals surface area contributed by atoms with E-state index in [2.05, 4.69) is 5.32 Å². The topological polar surface area (TPSA) is 66.4 Å². The molecule has 3 saturated carbocycles. The summed E-state index contributed by atoms with van der Waals surface area (Å²) in [7, 11) is 0. The average molecular weight is 237 g/mol. The number of carbonyl (C=O) groups is 2. The van der Waals surface area contributed by atoms with E-state index in [1.807, 2.05) is 0 Å². The van der Waals surface area contributed by atoms with Crippen LogP contribution in [-0.2, 0) is 9.59 Å². The van der Waals surface area contributed by atoms with E-state index in [0.717, 1.165) is 32.1 Å². The van der Waals surface area contributed by atoms with E-state index < -0.39 is 5.97 Å². The van der Waals surface area contributed by atoms with Crippen LogP contribution in [0.5, 0.6) is 0 Å². The average Bonchev–Trinajstić information content (AvgIpc) is 2.85. The second-order valence-corrected chi connectivity index (χ2v) is 5.94. The predicted molar refractivity (Wildman–Crippen MR) is 61.2 cm³/mol. The van der Waals surface area contributed by atoms with Gasteiger partial charge in [-0.2, -0.15) is 0 Å². The van der Waals surface area contributed by atoms with E-state index in [0.29, 0.717) is 24.2 Å². The Labute approximate surface area is 101 Å². The highest BCUT2D eigenvalue weighted by Crippen LogP contribution is 2.48. The minimum atomic E-state index is -0.728. The Morgan fingerprint density at radius 2 is 1.82 bits per heavy atom. The monoisotopic (exact) mass is 237 g/mol. The van der Waals surface area contributed by atoms with Gasteiger partial charge in [0.2, 0.25) is 5.91 Å². The summed E-state index contributed by atoms with van der Waals surface area (Å²) in [6, 6.07) is -0.0995. The zero-order valence-electron chi connectivity index (χ0n) is 9.89. The lowest BCUT2D eigenvalue weighted by Crippen LogP contribution is -2.46. The molecule has 4 nitrogen and oxygen atoms in total. The van der Waals surface area contributed by atoms with Crippen LogP contribution in [0.15, 0.2) is 0 Å². The molecule has 0 radical (unpaired) electrons. The zero-order valence-corrected chi connectivity index (χ0v) is 9.89. The number of carbonyl (C=O) groups excluding carboxylic acids is 1. The van der Waals surface area contributed by atoms with Crippen molar-refractivity contribution in [3.05, 3.63) is 0 Å². The van der Waals surface area contributed by atoms with Gasteiger partial charge < -0.3 is 10.4 Å². The highest BCUT2D eigenvalue weighted by molar-refractivity contribution is 5.79. The van der Waals surface area contributed by atoms with Crippen molar-refractivity contribution in [2.45, 2.75) is 44.6 Å². The summed E-state index contributed by atoms with van der Waals surface area (Å²) in [5.41, 5.74) is 0. The first kappa shape index (κ1) is 11.1. The zero-order chi connectivity index (χ0) is 12.0. The maximum Gasteiger partial charge on any atom is 0.308 e. The Hall–Kier alpha value is -1.06. The van der Waals surface area contributed by atoms with Gasteiger partial charge in [-0.15, -0.1) is 0 Å². The Bertz CT molecular complexity index is 351. The molecule has 0 aromatic carbocycles. The fraction of sp³-hybridized carbons (Fsp3) is 0.846. The van der Waals surface area contributed by atoms with E-state index in [9.17, 15) is 14.7 Å². The number of hydrogen-bond acceptors (Lipinski definition) is 2. The third-order valence-corrected chi connectivity index (χ3v) is 4.70. The molecule has 3 aliphatic rings. The Balaban J connectivity index is 1.63. The first-order valence-electron chi connectivity index (χ1n) is 6.67. The molecule has 3 fully saturated rings. The van der Waals surface area contributed by atoms with Crippen LogP contribution >= 0.6 is 0 Å². The molecule has 1 amide bonds. The van der Waals surface area contributed by atoms with E-state index in [4.69, 9.17) is 0 Å². The fourth-order valence-corrected chi connectivity index (χ4v) is 3.68. The van der Waals surface area contributed by atoms with Crippen molar-refractivity contribution >= 4 is 11.9 Å². The molecule has 4 atom stereocenters. The largest absolute Gasteiger partial charge is 0.481 e. The first-order valence-corrected chi connectivity index (χ1v) is 6.67. The number of carboxylic acids is 1. The number of aliphatic carboxylic acids is 1. The van der Waals surface area contributed by atoms with Gasteiger partial charge in [0.25, 0.3) is 0 Å². The van der Waals surface area contributed by atoms with Gasteiger partial charge in [0.05, 0.1) is 5.92 Å². The van der Waals surface area contributed by atoms with Crippen molar-refractivity contribution in [2.24, 2.45) is 23.7 Å². The Kier molecular flexibility index (Phi) is 2.60. The first-order chi connectivity index (χ1) is 8.15. The normalized spacial score (nSPS) is 39.3. The van der Waals surface area contributed by atoms with Gasteiger partial charge in [0, 0.05) is 12.5 Å². The quantitative estimate of drug-likeness (QED) is 0.776. The van der Waals surface area contributed by atoms with Crippen LogP contribution < -0.4 is 5.32 Å². The number of rotatable bonds is 4. The van der Waals surface area contributed by atoms with Crippen molar-refractivity contribution in [3.8, 4) is 0 Å². The van der Waals surface area contributed by atoms with Crippen LogP contribution in [-0.4, -0.2) is 23.0 Å². The number of carboxylic acid groups (broad SMARTS) is 1. The maximum atomic E-state index is 11.8. The minimum absolute atomic E-state index is 0.0660. The van der Waals surface area contributed by atoms with Gasteiger partial charge in [0.15, 0.2) is 0 Å². The third kappa shape index (κ3) is 2.05. The summed E-state index contributed by atoms with van der Waals surface area (Å²) in [6.45, 7) is 0. The van der Waals surface area contributed by atoms with E-state index in [1.54, 1.807) is 0 Å². The SMILES string of the molecule is O=C(CC1CC1)NC1C2CCC(C2)C1C(=O)O. The van der Waals surface area contributed by atoms with Crippen LogP contribution in [0.1, 0.15) is 38.5 Å². The summed E-state index contributed by atoms with van der Waals surface area (Å²) in [6.07, 6.45) is 6.02. The molecule has 0 saturated heterocycles. The van der Waals surface area contributed by atoms with Crippen molar-refractivity contribution in [1.82, 2.24) is 5.32 Å². The summed E-state index contributed by atoms with van der Waals surface area (Å²) in [4.78, 5) is 23.1. The maximum absolute atomic E-state index is 11.8. The predicted octanol–water partition coefficient (Wildman–Crippen LogP) is 1.40. The molecule has 4 heteroatoms. The number of nitrogens with one attached hydrogen (secondary N) is 1. The summed E-state index contributed by atoms with van der Waals surface area (Å²) in [5, 5.41) is 12.3. The summed E-state index contributed by atoms with van der Waals surface area (Å²) in [5.74, 6) is 0.270. The van der Waals surface area contributed by atoms with Gasteiger partial charge in [-0.05, 0) is 49.9 Å². The van der Waals surface area contributed by atoms with Gasteiger partial charge in [0.1, 0.15) is 0 Å². The minimum Gasteiger partial charge on any atom is -0.481 e. The van der Waals surface area contributed by atoms with Crippen molar-refractivity contribution < 1.29 is 14.7 Å². The molecule has 0 aromatic rings. The van der Waals surface area contributed by atoms with Crippen molar-refractivity contribution in [1.29, 1.82) is 0 Å². The van der Waals surface area contributed by atoms with Gasteiger partial charge in [-0.1, -0.05) is 0 Å². The van der Waals surface area contributed by atoms with Gasteiger partial charge in [-0.25, -0.2) is 0 Å². The number of fused-ring (bicyclic) bond motifs is 2.